The van der Waals surface area contributed by atoms with Gasteiger partial charge in [0.25, 0.3) is 5.91 Å². The lowest BCUT2D eigenvalue weighted by Crippen LogP contribution is -2.19. The fourth-order valence-corrected chi connectivity index (χ4v) is 4.06. The first-order valence-electron chi connectivity index (χ1n) is 9.96. The van der Waals surface area contributed by atoms with Crippen LogP contribution in [0.1, 0.15) is 29.4 Å². The topological polar surface area (TPSA) is 63.7 Å². The summed E-state index contributed by atoms with van der Waals surface area (Å²) in [5, 5.41) is 4.88. The molecule has 1 atom stereocenters. The molecule has 1 fully saturated rings. The smallest absolute Gasteiger partial charge is 0.255 e. The second-order valence-corrected chi connectivity index (χ2v) is 8.19. The SMILES string of the molecule is COc1cc(C(=O)Nc2ccc(N3CCC(C)C3)cc2)ccc1OCc1cscn1. The highest BCUT2D eigenvalue weighted by molar-refractivity contribution is 7.07. The molecule has 0 saturated carbocycles. The third kappa shape index (κ3) is 4.74. The minimum atomic E-state index is -0.193. The molecular weight excluding hydrogens is 398 g/mol. The van der Waals surface area contributed by atoms with Crippen LogP contribution in [0.3, 0.4) is 0 Å². The number of anilines is 2. The van der Waals surface area contributed by atoms with Gasteiger partial charge in [0.2, 0.25) is 0 Å². The van der Waals surface area contributed by atoms with E-state index < -0.39 is 0 Å². The zero-order valence-electron chi connectivity index (χ0n) is 17.1. The van der Waals surface area contributed by atoms with Crippen molar-refractivity contribution in [3.8, 4) is 11.5 Å². The highest BCUT2D eigenvalue weighted by Gasteiger charge is 2.19. The average Bonchev–Trinajstić information content (AvgIpc) is 3.44. The van der Waals surface area contributed by atoms with E-state index in [1.807, 2.05) is 17.5 Å². The van der Waals surface area contributed by atoms with Crippen LogP contribution in [0, 0.1) is 5.92 Å². The van der Waals surface area contributed by atoms with Crippen molar-refractivity contribution in [3.63, 3.8) is 0 Å². The molecule has 2 heterocycles. The number of benzene rings is 2. The molecule has 1 aromatic heterocycles. The standard InChI is InChI=1S/C23H25N3O3S/c1-16-9-10-26(12-16)20-6-4-18(5-7-20)25-23(27)17-3-8-21(22(11-17)28-2)29-13-19-14-30-15-24-19/h3-8,11,14-16H,9-10,12-13H2,1-2H3,(H,25,27). The van der Waals surface area contributed by atoms with Gasteiger partial charge in [0.1, 0.15) is 6.61 Å². The molecular formula is C23H25N3O3S. The Balaban J connectivity index is 1.40. The Morgan fingerprint density at radius 3 is 2.73 bits per heavy atom. The molecule has 3 aromatic rings. The van der Waals surface area contributed by atoms with E-state index >= 15 is 0 Å². The number of rotatable bonds is 7. The lowest BCUT2D eigenvalue weighted by Gasteiger charge is -2.18. The molecule has 7 heteroatoms. The molecule has 1 aliphatic rings. The molecule has 1 aliphatic heterocycles. The van der Waals surface area contributed by atoms with Crippen LogP contribution < -0.4 is 19.7 Å². The van der Waals surface area contributed by atoms with Gasteiger partial charge in [-0.25, -0.2) is 4.98 Å². The van der Waals surface area contributed by atoms with Crippen LogP contribution in [-0.2, 0) is 6.61 Å². The average molecular weight is 424 g/mol. The largest absolute Gasteiger partial charge is 0.493 e. The van der Waals surface area contributed by atoms with Crippen LogP contribution in [0.5, 0.6) is 11.5 Å². The number of ether oxygens (including phenoxy) is 2. The number of methoxy groups -OCH3 is 1. The van der Waals surface area contributed by atoms with Gasteiger partial charge >= 0.3 is 0 Å². The fourth-order valence-electron chi connectivity index (χ4n) is 3.52. The predicted molar refractivity (Wildman–Crippen MR) is 120 cm³/mol. The third-order valence-corrected chi connectivity index (χ3v) is 5.83. The van der Waals surface area contributed by atoms with E-state index in [0.717, 1.165) is 30.4 Å². The monoisotopic (exact) mass is 423 g/mol. The normalized spacial score (nSPS) is 15.8. The van der Waals surface area contributed by atoms with Gasteiger partial charge in [0, 0.05) is 35.4 Å². The summed E-state index contributed by atoms with van der Waals surface area (Å²) in [5.41, 5.74) is 5.09. The van der Waals surface area contributed by atoms with Crippen molar-refractivity contribution in [1.82, 2.24) is 4.98 Å². The lowest BCUT2D eigenvalue weighted by molar-refractivity contribution is 0.102. The van der Waals surface area contributed by atoms with Crippen molar-refractivity contribution in [3.05, 3.63) is 64.6 Å². The lowest BCUT2D eigenvalue weighted by atomic mass is 10.1. The number of nitrogens with one attached hydrogen (secondary N) is 1. The summed E-state index contributed by atoms with van der Waals surface area (Å²) in [6.07, 6.45) is 1.23. The molecule has 4 rings (SSSR count). The molecule has 0 spiro atoms. The van der Waals surface area contributed by atoms with Crippen LogP contribution in [0.2, 0.25) is 0 Å². The summed E-state index contributed by atoms with van der Waals surface area (Å²) in [4.78, 5) is 19.3. The summed E-state index contributed by atoms with van der Waals surface area (Å²) in [6.45, 7) is 4.80. The Bertz CT molecular complexity index is 989. The van der Waals surface area contributed by atoms with Gasteiger partial charge < -0.3 is 19.7 Å². The number of nitrogens with zero attached hydrogens (tertiary/aromatic N) is 2. The molecule has 1 N–H and O–H groups in total. The van der Waals surface area contributed by atoms with Crippen LogP contribution in [-0.4, -0.2) is 31.1 Å². The maximum Gasteiger partial charge on any atom is 0.255 e. The van der Waals surface area contributed by atoms with E-state index in [2.05, 4.69) is 34.3 Å². The maximum atomic E-state index is 12.7. The molecule has 1 amide bonds. The molecule has 0 bridgehead atoms. The van der Waals surface area contributed by atoms with Crippen LogP contribution in [0.4, 0.5) is 11.4 Å². The number of aromatic nitrogens is 1. The summed E-state index contributed by atoms with van der Waals surface area (Å²) in [5.74, 6) is 1.62. The Morgan fingerprint density at radius 2 is 2.07 bits per heavy atom. The first-order valence-corrected chi connectivity index (χ1v) is 10.9. The quantitative estimate of drug-likeness (QED) is 0.590. The molecule has 2 aromatic carbocycles. The van der Waals surface area contributed by atoms with Crippen molar-refractivity contribution in [2.24, 2.45) is 5.92 Å². The highest BCUT2D eigenvalue weighted by Crippen LogP contribution is 2.30. The molecule has 1 saturated heterocycles. The van der Waals surface area contributed by atoms with Gasteiger partial charge in [0.15, 0.2) is 11.5 Å². The van der Waals surface area contributed by atoms with Gasteiger partial charge in [-0.15, -0.1) is 11.3 Å². The third-order valence-electron chi connectivity index (χ3n) is 5.20. The number of carbonyl (C=O) groups excluding carboxylic acids is 1. The Hall–Kier alpha value is -3.06. The van der Waals surface area contributed by atoms with Gasteiger partial charge in [0.05, 0.1) is 18.3 Å². The Labute approximate surface area is 180 Å². The van der Waals surface area contributed by atoms with Gasteiger partial charge in [-0.05, 0) is 54.8 Å². The summed E-state index contributed by atoms with van der Waals surface area (Å²) in [6, 6.07) is 13.2. The van der Waals surface area contributed by atoms with Crippen molar-refractivity contribution >= 4 is 28.6 Å². The Morgan fingerprint density at radius 1 is 1.23 bits per heavy atom. The summed E-state index contributed by atoms with van der Waals surface area (Å²) < 4.78 is 11.2. The van der Waals surface area contributed by atoms with E-state index in [9.17, 15) is 4.79 Å². The van der Waals surface area contributed by atoms with E-state index in [4.69, 9.17) is 9.47 Å². The first-order chi connectivity index (χ1) is 14.6. The van der Waals surface area contributed by atoms with E-state index in [1.165, 1.54) is 23.4 Å². The minimum Gasteiger partial charge on any atom is -0.493 e. The van der Waals surface area contributed by atoms with E-state index in [-0.39, 0.29) is 5.91 Å². The second-order valence-electron chi connectivity index (χ2n) is 7.47. The van der Waals surface area contributed by atoms with Crippen molar-refractivity contribution < 1.29 is 14.3 Å². The van der Waals surface area contributed by atoms with Gasteiger partial charge in [-0.1, -0.05) is 6.92 Å². The summed E-state index contributed by atoms with van der Waals surface area (Å²) >= 11 is 1.52. The molecule has 0 aliphatic carbocycles. The molecule has 0 radical (unpaired) electrons. The molecule has 1 unspecified atom stereocenters. The zero-order valence-corrected chi connectivity index (χ0v) is 17.9. The maximum absolute atomic E-state index is 12.7. The van der Waals surface area contributed by atoms with Crippen molar-refractivity contribution in [2.75, 3.05) is 30.4 Å². The van der Waals surface area contributed by atoms with Crippen molar-refractivity contribution in [2.45, 2.75) is 20.0 Å². The highest BCUT2D eigenvalue weighted by atomic mass is 32.1. The van der Waals surface area contributed by atoms with Crippen LogP contribution in [0.15, 0.2) is 53.4 Å². The Kier molecular flexibility index (Phi) is 6.18. The summed E-state index contributed by atoms with van der Waals surface area (Å²) in [7, 11) is 1.56. The van der Waals surface area contributed by atoms with E-state index in [0.29, 0.717) is 23.7 Å². The van der Waals surface area contributed by atoms with E-state index in [1.54, 1.807) is 30.8 Å². The number of hydrogen-bond acceptors (Lipinski definition) is 6. The molecule has 156 valence electrons. The number of carbonyl (C=O) groups is 1. The number of hydrogen-bond donors (Lipinski definition) is 1. The van der Waals surface area contributed by atoms with Gasteiger partial charge in [-0.3, -0.25) is 4.79 Å². The minimum absolute atomic E-state index is 0.193. The second kappa shape index (κ2) is 9.17. The van der Waals surface area contributed by atoms with Crippen LogP contribution in [0.25, 0.3) is 0 Å². The fraction of sp³-hybridized carbons (Fsp3) is 0.304. The number of thiazole rings is 1. The number of amides is 1. The molecule has 6 nitrogen and oxygen atoms in total. The van der Waals surface area contributed by atoms with Gasteiger partial charge in [-0.2, -0.15) is 0 Å². The molecule has 30 heavy (non-hydrogen) atoms. The van der Waals surface area contributed by atoms with Crippen molar-refractivity contribution in [1.29, 1.82) is 0 Å². The predicted octanol–water partition coefficient (Wildman–Crippen LogP) is 4.83. The zero-order chi connectivity index (χ0) is 20.9. The first kappa shape index (κ1) is 20.2. The van der Waals surface area contributed by atoms with Crippen LogP contribution >= 0.6 is 11.3 Å².